The zero-order chi connectivity index (χ0) is 29.5. The molecule has 1 N–H and O–H groups in total. The van der Waals surface area contributed by atoms with Crippen LogP contribution >= 0.6 is 0 Å². The minimum absolute atomic E-state index is 0.0119. The van der Waals surface area contributed by atoms with Crippen molar-refractivity contribution in [3.05, 3.63) is 11.6 Å². The highest BCUT2D eigenvalue weighted by Gasteiger charge is 2.59. The molecule has 4 aliphatic carbocycles. The van der Waals surface area contributed by atoms with E-state index in [2.05, 4.69) is 24.3 Å². The van der Waals surface area contributed by atoms with Gasteiger partial charge < -0.3 is 15.1 Å². The standard InChI is InChI=1S/C32H49FN4O4/c1-20(35-41-30(40)37(17-16-33)19-22-7-11-28(34-22)29(39)36(4)5)25-9-10-26-24-8-6-21-18-23(38)12-14-31(21,2)27(24)13-15-32(25,26)3/h18,22,24-28,34H,6-17,19H2,1-5H3/b35-20+/t22?,24-,25+,26-,27-,28?,31-,32+/m0/s1. The first-order valence-corrected chi connectivity index (χ1v) is 15.8. The van der Waals surface area contributed by atoms with Gasteiger partial charge >= 0.3 is 6.09 Å². The number of allylic oxidation sites excluding steroid dienone is 1. The van der Waals surface area contributed by atoms with Crippen molar-refractivity contribution in [3.63, 3.8) is 0 Å². The molecule has 8 nitrogen and oxygen atoms in total. The number of alkyl halides is 1. The molecule has 1 heterocycles. The monoisotopic (exact) mass is 572 g/mol. The van der Waals surface area contributed by atoms with Crippen LogP contribution in [0.5, 0.6) is 0 Å². The van der Waals surface area contributed by atoms with E-state index in [4.69, 9.17) is 4.84 Å². The fourth-order valence-electron chi connectivity index (χ4n) is 9.57. The zero-order valence-corrected chi connectivity index (χ0v) is 25.6. The maximum absolute atomic E-state index is 13.4. The summed E-state index contributed by atoms with van der Waals surface area (Å²) >= 11 is 0. The van der Waals surface area contributed by atoms with Crippen LogP contribution in [0, 0.1) is 34.5 Å². The van der Waals surface area contributed by atoms with E-state index in [0.29, 0.717) is 36.4 Å². The third-order valence-corrected chi connectivity index (χ3v) is 11.8. The van der Waals surface area contributed by atoms with Crippen LogP contribution in [0.2, 0.25) is 0 Å². The van der Waals surface area contributed by atoms with Crippen molar-refractivity contribution in [2.45, 2.75) is 97.1 Å². The number of ketones is 1. The van der Waals surface area contributed by atoms with Crippen LogP contribution in [0.4, 0.5) is 9.18 Å². The smallest absolute Gasteiger partial charge is 0.347 e. The van der Waals surface area contributed by atoms with E-state index in [9.17, 15) is 18.8 Å². The van der Waals surface area contributed by atoms with Gasteiger partial charge in [-0.2, -0.15) is 0 Å². The van der Waals surface area contributed by atoms with Crippen molar-refractivity contribution in [1.82, 2.24) is 15.1 Å². The van der Waals surface area contributed by atoms with Gasteiger partial charge in [0, 0.05) is 39.0 Å². The molecule has 2 unspecified atom stereocenters. The molecule has 0 aromatic carbocycles. The van der Waals surface area contributed by atoms with E-state index < -0.39 is 12.8 Å². The molecular formula is C32H49FN4O4. The average Bonchev–Trinajstić information content (AvgIpc) is 3.55. The number of oxime groups is 1. The highest BCUT2D eigenvalue weighted by Crippen LogP contribution is 2.66. The Labute approximate surface area is 244 Å². The fraction of sp³-hybridized carbons (Fsp3) is 0.812. The van der Waals surface area contributed by atoms with Gasteiger partial charge in [-0.25, -0.2) is 9.18 Å². The van der Waals surface area contributed by atoms with Crippen molar-refractivity contribution >= 4 is 23.5 Å². The molecule has 9 heteroatoms. The topological polar surface area (TPSA) is 91.3 Å². The first kappa shape index (κ1) is 30.2. The van der Waals surface area contributed by atoms with Crippen LogP contribution in [0.25, 0.3) is 0 Å². The molecule has 1 aliphatic heterocycles. The summed E-state index contributed by atoms with van der Waals surface area (Å²) in [6.07, 6.45) is 11.1. The van der Waals surface area contributed by atoms with Gasteiger partial charge in [0.15, 0.2) is 5.78 Å². The van der Waals surface area contributed by atoms with Crippen molar-refractivity contribution in [3.8, 4) is 0 Å². The van der Waals surface area contributed by atoms with E-state index in [-0.39, 0.29) is 47.8 Å². The summed E-state index contributed by atoms with van der Waals surface area (Å²) in [5.41, 5.74) is 2.51. The lowest BCUT2D eigenvalue weighted by atomic mass is 9.46. The Bertz CT molecular complexity index is 1110. The van der Waals surface area contributed by atoms with Gasteiger partial charge in [0.2, 0.25) is 5.91 Å². The maximum atomic E-state index is 13.4. The molecule has 0 aromatic rings. The van der Waals surface area contributed by atoms with E-state index in [1.807, 2.05) is 13.0 Å². The molecule has 228 valence electrons. The SMILES string of the molecule is C/C(=N\OC(=O)N(CCF)CC1CCC(C(=O)N(C)C)N1)[C@H]1CC[C@H]2[C@@H]3CCC4=CC(=O)CC[C@]4(C)[C@H]3CC[C@]12C. The lowest BCUT2D eigenvalue weighted by Crippen LogP contribution is -2.51. The first-order valence-electron chi connectivity index (χ1n) is 15.8. The molecule has 3 saturated carbocycles. The highest BCUT2D eigenvalue weighted by molar-refractivity contribution is 5.91. The number of nitrogens with zero attached hydrogens (tertiary/aromatic N) is 3. The molecule has 0 radical (unpaired) electrons. The lowest BCUT2D eigenvalue weighted by molar-refractivity contribution is -0.130. The van der Waals surface area contributed by atoms with Gasteiger partial charge in [-0.15, -0.1) is 0 Å². The van der Waals surface area contributed by atoms with E-state index in [0.717, 1.165) is 50.7 Å². The summed E-state index contributed by atoms with van der Waals surface area (Å²) in [6, 6.07) is -0.368. The van der Waals surface area contributed by atoms with Crippen LogP contribution in [-0.4, -0.2) is 79.2 Å². The molecular weight excluding hydrogens is 523 g/mol. The highest BCUT2D eigenvalue weighted by atomic mass is 19.1. The van der Waals surface area contributed by atoms with Gasteiger partial charge in [-0.3, -0.25) is 14.4 Å². The van der Waals surface area contributed by atoms with Gasteiger partial charge in [-0.05, 0) is 99.4 Å². The number of amides is 2. The van der Waals surface area contributed by atoms with Gasteiger partial charge in [-0.1, -0.05) is 24.6 Å². The molecule has 5 aliphatic rings. The van der Waals surface area contributed by atoms with Gasteiger partial charge in [0.1, 0.15) is 6.67 Å². The normalized spacial score (nSPS) is 38.4. The second-order valence-electron chi connectivity index (χ2n) is 14.1. The molecule has 41 heavy (non-hydrogen) atoms. The van der Waals surface area contributed by atoms with Crippen LogP contribution in [0.1, 0.15) is 85.0 Å². The molecule has 4 fully saturated rings. The number of rotatable bonds is 7. The lowest BCUT2D eigenvalue weighted by Gasteiger charge is -2.58. The van der Waals surface area contributed by atoms with E-state index >= 15 is 0 Å². The Kier molecular flexibility index (Phi) is 8.66. The number of likely N-dealkylation sites (N-methyl/N-ethyl adjacent to an activating group) is 1. The summed E-state index contributed by atoms with van der Waals surface area (Å²) < 4.78 is 13.4. The van der Waals surface area contributed by atoms with Crippen molar-refractivity contribution in [1.29, 1.82) is 0 Å². The fourth-order valence-corrected chi connectivity index (χ4v) is 9.57. The number of hydrogen-bond acceptors (Lipinski definition) is 6. The van der Waals surface area contributed by atoms with Crippen molar-refractivity contribution in [2.24, 2.45) is 39.7 Å². The summed E-state index contributed by atoms with van der Waals surface area (Å²) in [4.78, 5) is 45.8. The van der Waals surface area contributed by atoms with Gasteiger partial charge in [0.05, 0.1) is 18.3 Å². The number of fused-ring (bicyclic) bond motifs is 5. The zero-order valence-electron chi connectivity index (χ0n) is 25.6. The van der Waals surface area contributed by atoms with Gasteiger partial charge in [0.25, 0.3) is 0 Å². The Morgan fingerprint density at radius 3 is 2.59 bits per heavy atom. The number of hydrogen-bond donors (Lipinski definition) is 1. The third-order valence-electron chi connectivity index (χ3n) is 11.8. The number of halogens is 1. The Morgan fingerprint density at radius 1 is 1.07 bits per heavy atom. The van der Waals surface area contributed by atoms with Crippen LogP contribution < -0.4 is 5.32 Å². The Hall–Kier alpha value is -2.29. The number of carbonyl (C=O) groups excluding carboxylic acids is 3. The summed E-state index contributed by atoms with van der Waals surface area (Å²) in [7, 11) is 3.46. The van der Waals surface area contributed by atoms with Crippen LogP contribution in [0.3, 0.4) is 0 Å². The predicted molar refractivity (Wildman–Crippen MR) is 156 cm³/mol. The third kappa shape index (κ3) is 5.59. The second kappa shape index (κ2) is 11.8. The minimum Gasteiger partial charge on any atom is -0.347 e. The number of carbonyl (C=O) groups is 3. The largest absolute Gasteiger partial charge is 0.436 e. The van der Waals surface area contributed by atoms with E-state index in [1.54, 1.807) is 19.0 Å². The molecule has 2 amide bonds. The van der Waals surface area contributed by atoms with Crippen molar-refractivity contribution < 1.29 is 23.6 Å². The molecule has 0 aromatic heterocycles. The number of nitrogens with one attached hydrogen (secondary N) is 1. The molecule has 0 bridgehead atoms. The molecule has 0 spiro atoms. The van der Waals surface area contributed by atoms with Crippen molar-refractivity contribution in [2.75, 3.05) is 33.9 Å². The average molecular weight is 573 g/mol. The second-order valence-corrected chi connectivity index (χ2v) is 14.1. The van der Waals surface area contributed by atoms with Crippen LogP contribution in [0.15, 0.2) is 16.8 Å². The predicted octanol–water partition coefficient (Wildman–Crippen LogP) is 5.13. The first-order chi connectivity index (χ1) is 19.5. The summed E-state index contributed by atoms with van der Waals surface area (Å²) in [5, 5.41) is 7.64. The van der Waals surface area contributed by atoms with Crippen LogP contribution in [-0.2, 0) is 14.4 Å². The summed E-state index contributed by atoms with van der Waals surface area (Å²) in [5.74, 6) is 2.46. The quantitative estimate of drug-likeness (QED) is 0.260. The van der Waals surface area contributed by atoms with E-state index in [1.165, 1.54) is 16.9 Å². The maximum Gasteiger partial charge on any atom is 0.436 e. The molecule has 5 rings (SSSR count). The molecule has 8 atom stereocenters. The minimum atomic E-state index is -0.667. The summed E-state index contributed by atoms with van der Waals surface area (Å²) in [6.45, 7) is 6.35. The Morgan fingerprint density at radius 2 is 1.85 bits per heavy atom. The Balaban J connectivity index is 1.21. The molecule has 1 saturated heterocycles.